The molecule has 0 bridgehead atoms. The van der Waals surface area contributed by atoms with E-state index < -0.39 is 0 Å². The Bertz CT molecular complexity index is 367. The van der Waals surface area contributed by atoms with E-state index in [9.17, 15) is 9.59 Å². The van der Waals surface area contributed by atoms with Crippen LogP contribution in [0.3, 0.4) is 0 Å². The van der Waals surface area contributed by atoms with Crippen molar-refractivity contribution >= 4 is 11.9 Å². The van der Waals surface area contributed by atoms with Crippen LogP contribution >= 0.6 is 0 Å². The van der Waals surface area contributed by atoms with Gasteiger partial charge in [-0.05, 0) is 52.1 Å². The predicted octanol–water partition coefficient (Wildman–Crippen LogP) is 4.09. The normalized spacial score (nSPS) is 16.4. The summed E-state index contributed by atoms with van der Waals surface area (Å²) in [6, 6.07) is 0. The molecule has 1 atom stereocenters. The first kappa shape index (κ1) is 21.9. The highest BCUT2D eigenvalue weighted by Crippen LogP contribution is 2.15. The lowest BCUT2D eigenvalue weighted by molar-refractivity contribution is -0.148. The third-order valence-corrected chi connectivity index (χ3v) is 4.71. The second kappa shape index (κ2) is 14.1. The van der Waals surface area contributed by atoms with E-state index in [0.29, 0.717) is 13.0 Å². The lowest BCUT2D eigenvalue weighted by Gasteiger charge is -2.30. The number of rotatable bonds is 13. The molecule has 1 aliphatic heterocycles. The number of unbranched alkanes of at least 4 members (excludes halogenated alkanes) is 5. The fraction of sp³-hybridized carbons (Fsp3) is 0.900. The summed E-state index contributed by atoms with van der Waals surface area (Å²) in [5.41, 5.74) is 0. The predicted molar refractivity (Wildman–Crippen MR) is 99.4 cm³/mol. The van der Waals surface area contributed by atoms with Crippen molar-refractivity contribution < 1.29 is 19.1 Å². The van der Waals surface area contributed by atoms with E-state index in [1.54, 1.807) is 0 Å². The first-order valence-electron chi connectivity index (χ1n) is 10.2. The van der Waals surface area contributed by atoms with Crippen LogP contribution in [0.5, 0.6) is 0 Å². The van der Waals surface area contributed by atoms with Crippen LogP contribution in [0, 0.1) is 0 Å². The largest absolute Gasteiger partial charge is 0.466 e. The van der Waals surface area contributed by atoms with Gasteiger partial charge in [0.05, 0.1) is 6.61 Å². The second-order valence-corrected chi connectivity index (χ2v) is 7.06. The van der Waals surface area contributed by atoms with Crippen LogP contribution in [0.25, 0.3) is 0 Å². The van der Waals surface area contributed by atoms with Crippen molar-refractivity contribution in [2.75, 3.05) is 26.2 Å². The molecule has 1 rings (SSSR count). The molecule has 0 saturated carbocycles. The molecule has 5 nitrogen and oxygen atoms in total. The Balaban J connectivity index is 2.07. The van der Waals surface area contributed by atoms with Gasteiger partial charge in [-0.25, -0.2) is 0 Å². The molecule has 0 aliphatic carbocycles. The molecule has 1 fully saturated rings. The van der Waals surface area contributed by atoms with E-state index >= 15 is 0 Å². The second-order valence-electron chi connectivity index (χ2n) is 7.06. The monoisotopic (exact) mass is 355 g/mol. The van der Waals surface area contributed by atoms with Crippen molar-refractivity contribution in [1.29, 1.82) is 0 Å². The number of esters is 2. The lowest BCUT2D eigenvalue weighted by atomic mass is 10.0. The molecule has 1 heterocycles. The molecule has 0 aromatic heterocycles. The van der Waals surface area contributed by atoms with Crippen molar-refractivity contribution in [2.24, 2.45) is 0 Å². The van der Waals surface area contributed by atoms with Crippen molar-refractivity contribution in [3.05, 3.63) is 0 Å². The maximum atomic E-state index is 11.3. The average Bonchev–Trinajstić information content (AvgIpc) is 2.57. The Hall–Kier alpha value is -1.10. The van der Waals surface area contributed by atoms with Gasteiger partial charge in [-0.15, -0.1) is 0 Å². The molecule has 146 valence electrons. The van der Waals surface area contributed by atoms with Gasteiger partial charge in [-0.1, -0.05) is 32.1 Å². The standard InChI is InChI=1S/C20H37NO4/c1-3-24-20(23)14-10-7-5-4-6-9-13-19(25-18(2)22)17-21-15-11-8-12-16-21/h19H,3-17H2,1-2H3. The molecule has 0 radical (unpaired) electrons. The molecule has 0 N–H and O–H groups in total. The molecular formula is C20H37NO4. The van der Waals surface area contributed by atoms with Crippen LogP contribution in [-0.2, 0) is 19.1 Å². The van der Waals surface area contributed by atoms with E-state index in [0.717, 1.165) is 58.2 Å². The number of nitrogens with zero attached hydrogens (tertiary/aromatic N) is 1. The summed E-state index contributed by atoms with van der Waals surface area (Å²) in [4.78, 5) is 25.0. The van der Waals surface area contributed by atoms with E-state index in [2.05, 4.69) is 4.90 Å². The fourth-order valence-corrected chi connectivity index (χ4v) is 3.43. The fourth-order valence-electron chi connectivity index (χ4n) is 3.43. The molecule has 5 heteroatoms. The number of hydrogen-bond donors (Lipinski definition) is 0. The summed E-state index contributed by atoms with van der Waals surface area (Å²) in [6.45, 7) is 6.98. The molecule has 0 aromatic rings. The third kappa shape index (κ3) is 12.0. The van der Waals surface area contributed by atoms with Gasteiger partial charge in [-0.2, -0.15) is 0 Å². The van der Waals surface area contributed by atoms with Gasteiger partial charge in [0, 0.05) is 19.9 Å². The molecule has 25 heavy (non-hydrogen) atoms. The smallest absolute Gasteiger partial charge is 0.305 e. The van der Waals surface area contributed by atoms with Gasteiger partial charge in [0.25, 0.3) is 0 Å². The number of carbonyl (C=O) groups excluding carboxylic acids is 2. The maximum Gasteiger partial charge on any atom is 0.305 e. The minimum absolute atomic E-state index is 0.0411. The van der Waals surface area contributed by atoms with Crippen molar-refractivity contribution in [2.45, 2.75) is 90.6 Å². The van der Waals surface area contributed by atoms with E-state index in [4.69, 9.17) is 9.47 Å². The zero-order chi connectivity index (χ0) is 18.3. The zero-order valence-electron chi connectivity index (χ0n) is 16.3. The van der Waals surface area contributed by atoms with Crippen molar-refractivity contribution in [3.63, 3.8) is 0 Å². The first-order valence-corrected chi connectivity index (χ1v) is 10.2. The summed E-state index contributed by atoms with van der Waals surface area (Å²) in [5.74, 6) is -0.245. The van der Waals surface area contributed by atoms with E-state index in [-0.39, 0.29) is 18.0 Å². The van der Waals surface area contributed by atoms with Gasteiger partial charge < -0.3 is 9.47 Å². The van der Waals surface area contributed by atoms with Crippen LogP contribution in [0.1, 0.15) is 84.5 Å². The highest BCUT2D eigenvalue weighted by molar-refractivity contribution is 5.69. The zero-order valence-corrected chi connectivity index (χ0v) is 16.3. The van der Waals surface area contributed by atoms with Crippen LogP contribution in [0.4, 0.5) is 0 Å². The van der Waals surface area contributed by atoms with Gasteiger partial charge in [0.2, 0.25) is 0 Å². The number of ether oxygens (including phenoxy) is 2. The number of carbonyl (C=O) groups is 2. The summed E-state index contributed by atoms with van der Waals surface area (Å²) >= 11 is 0. The number of piperidine rings is 1. The Morgan fingerprint density at radius 3 is 2.24 bits per heavy atom. The summed E-state index contributed by atoms with van der Waals surface area (Å²) < 4.78 is 10.4. The SMILES string of the molecule is CCOC(=O)CCCCCCCCC(CN1CCCCC1)OC(C)=O. The molecule has 0 spiro atoms. The minimum atomic E-state index is -0.166. The summed E-state index contributed by atoms with van der Waals surface area (Å²) in [7, 11) is 0. The average molecular weight is 356 g/mol. The van der Waals surface area contributed by atoms with Crippen LogP contribution in [-0.4, -0.2) is 49.2 Å². The topological polar surface area (TPSA) is 55.8 Å². The maximum absolute atomic E-state index is 11.3. The van der Waals surface area contributed by atoms with Gasteiger partial charge in [0.1, 0.15) is 6.10 Å². The lowest BCUT2D eigenvalue weighted by Crippen LogP contribution is -2.38. The van der Waals surface area contributed by atoms with E-state index in [1.807, 2.05) is 6.92 Å². The molecule has 1 unspecified atom stereocenters. The molecule has 0 aromatic carbocycles. The Labute approximate surface area is 153 Å². The quantitative estimate of drug-likeness (QED) is 0.368. The number of hydrogen-bond acceptors (Lipinski definition) is 5. The van der Waals surface area contributed by atoms with Crippen LogP contribution < -0.4 is 0 Å². The van der Waals surface area contributed by atoms with Gasteiger partial charge >= 0.3 is 11.9 Å². The van der Waals surface area contributed by atoms with Crippen molar-refractivity contribution in [3.8, 4) is 0 Å². The van der Waals surface area contributed by atoms with Crippen molar-refractivity contribution in [1.82, 2.24) is 4.90 Å². The summed E-state index contributed by atoms with van der Waals surface area (Å²) in [5, 5.41) is 0. The molecular weight excluding hydrogens is 318 g/mol. The first-order chi connectivity index (χ1) is 12.1. The Morgan fingerprint density at radius 1 is 0.960 bits per heavy atom. The van der Waals surface area contributed by atoms with Gasteiger partial charge in [-0.3, -0.25) is 14.5 Å². The highest BCUT2D eigenvalue weighted by Gasteiger charge is 2.18. The number of likely N-dealkylation sites (tertiary alicyclic amines) is 1. The van der Waals surface area contributed by atoms with Crippen LogP contribution in [0.2, 0.25) is 0 Å². The molecule has 1 aliphatic rings. The molecule has 0 amide bonds. The van der Waals surface area contributed by atoms with Crippen LogP contribution in [0.15, 0.2) is 0 Å². The Morgan fingerprint density at radius 2 is 1.60 bits per heavy atom. The third-order valence-electron chi connectivity index (χ3n) is 4.71. The Kier molecular flexibility index (Phi) is 12.4. The van der Waals surface area contributed by atoms with E-state index in [1.165, 1.54) is 32.6 Å². The minimum Gasteiger partial charge on any atom is -0.466 e. The summed E-state index contributed by atoms with van der Waals surface area (Å²) in [6.07, 6.45) is 12.0. The highest BCUT2D eigenvalue weighted by atomic mass is 16.5. The molecule has 1 saturated heterocycles. The van der Waals surface area contributed by atoms with Gasteiger partial charge in [0.15, 0.2) is 0 Å².